The first-order valence-electron chi connectivity index (χ1n) is 23.6. The Morgan fingerprint density at radius 1 is 0.304 bits per heavy atom. The largest absolute Gasteiger partial charge is 0.310 e. The Hall–Kier alpha value is -8.76. The van der Waals surface area contributed by atoms with Crippen LogP contribution in [-0.2, 0) is 0 Å². The van der Waals surface area contributed by atoms with Crippen molar-refractivity contribution in [3.8, 4) is 39.1 Å². The number of benzene rings is 12. The van der Waals surface area contributed by atoms with Crippen molar-refractivity contribution in [2.45, 2.75) is 0 Å². The summed E-state index contributed by atoms with van der Waals surface area (Å²) in [6, 6.07) is 93.9. The molecule has 0 bridgehead atoms. The maximum Gasteiger partial charge on any atom is 0.0541 e. The third-order valence-electron chi connectivity index (χ3n) is 14.2. The molecule has 14 rings (SSSR count). The van der Waals surface area contributed by atoms with E-state index < -0.39 is 0 Å². The van der Waals surface area contributed by atoms with E-state index in [0.717, 1.165) is 33.9 Å². The van der Waals surface area contributed by atoms with Crippen molar-refractivity contribution >= 4 is 103 Å². The van der Waals surface area contributed by atoms with Crippen molar-refractivity contribution in [3.63, 3.8) is 0 Å². The Labute approximate surface area is 403 Å². The number of hydrogen-bond acceptors (Lipinski definition) is 2. The van der Waals surface area contributed by atoms with Gasteiger partial charge >= 0.3 is 0 Å². The van der Waals surface area contributed by atoms with Gasteiger partial charge in [-0.3, -0.25) is 0 Å². The fraction of sp³-hybridized carbons (Fsp3) is 0. The van der Waals surface area contributed by atoms with Crippen molar-refractivity contribution in [2.24, 2.45) is 0 Å². The van der Waals surface area contributed by atoms with Gasteiger partial charge in [-0.25, -0.2) is 0 Å². The van der Waals surface area contributed by atoms with Gasteiger partial charge in [0.2, 0.25) is 0 Å². The van der Waals surface area contributed by atoms with Gasteiger partial charge in [0.1, 0.15) is 0 Å². The topological polar surface area (TPSA) is 8.17 Å². The number of thiophene rings is 1. The molecule has 3 heteroatoms. The molecule has 14 aromatic rings. The maximum atomic E-state index is 2.46. The van der Waals surface area contributed by atoms with E-state index >= 15 is 0 Å². The van der Waals surface area contributed by atoms with E-state index in [9.17, 15) is 0 Å². The molecule has 0 saturated heterocycles. The molecule has 12 aromatic carbocycles. The molecule has 0 radical (unpaired) electrons. The Bertz CT molecular complexity index is 4260. The summed E-state index contributed by atoms with van der Waals surface area (Å²) in [6.45, 7) is 0. The quantitative estimate of drug-likeness (QED) is 0.145. The molecule has 0 unspecified atom stereocenters. The number of aromatic nitrogens is 1. The van der Waals surface area contributed by atoms with Crippen LogP contribution in [0.4, 0.5) is 17.1 Å². The van der Waals surface area contributed by atoms with E-state index in [0.29, 0.717) is 0 Å². The van der Waals surface area contributed by atoms with Crippen LogP contribution in [0.1, 0.15) is 0 Å². The Morgan fingerprint density at radius 3 is 1.64 bits per heavy atom. The Kier molecular flexibility index (Phi) is 9.11. The van der Waals surface area contributed by atoms with Gasteiger partial charge in [0.25, 0.3) is 0 Å². The van der Waals surface area contributed by atoms with E-state index in [1.807, 2.05) is 11.3 Å². The van der Waals surface area contributed by atoms with Crippen molar-refractivity contribution in [2.75, 3.05) is 4.90 Å². The summed E-state index contributed by atoms with van der Waals surface area (Å²) in [7, 11) is 0. The predicted octanol–water partition coefficient (Wildman–Crippen LogP) is 19.1. The first-order valence-corrected chi connectivity index (χ1v) is 24.5. The van der Waals surface area contributed by atoms with Gasteiger partial charge in [0, 0.05) is 53.6 Å². The van der Waals surface area contributed by atoms with Crippen LogP contribution in [0.25, 0.3) is 113 Å². The number of anilines is 3. The molecule has 0 spiro atoms. The number of hydrogen-bond donors (Lipinski definition) is 0. The van der Waals surface area contributed by atoms with Gasteiger partial charge in [-0.2, -0.15) is 0 Å². The molecule has 0 N–H and O–H groups in total. The van der Waals surface area contributed by atoms with Crippen LogP contribution < -0.4 is 4.90 Å². The van der Waals surface area contributed by atoms with Crippen LogP contribution in [0.2, 0.25) is 0 Å². The SMILES string of the molecule is c1ccc(-c2cc(-c3ccc4ccc5ccccc5c4c3)ccc2N(c2ccc(-c3cccc(-n4c5ccccc5c5ccccc54)c3)cc2)c2ccc3c(c2)sc2c4ccccc4ccc32)cc1. The minimum Gasteiger partial charge on any atom is -0.310 e. The molecule has 0 aliphatic heterocycles. The summed E-state index contributed by atoms with van der Waals surface area (Å²) in [5, 5.41) is 12.7. The highest BCUT2D eigenvalue weighted by molar-refractivity contribution is 7.26. The van der Waals surface area contributed by atoms with Crippen LogP contribution in [0, 0.1) is 0 Å². The zero-order chi connectivity index (χ0) is 45.4. The Morgan fingerprint density at radius 2 is 0.855 bits per heavy atom. The highest BCUT2D eigenvalue weighted by Gasteiger charge is 2.21. The van der Waals surface area contributed by atoms with Crippen LogP contribution in [0.15, 0.2) is 255 Å². The monoisotopic (exact) mass is 894 g/mol. The lowest BCUT2D eigenvalue weighted by Crippen LogP contribution is -2.11. The van der Waals surface area contributed by atoms with Crippen molar-refractivity contribution in [1.82, 2.24) is 4.57 Å². The molecule has 0 amide bonds. The lowest BCUT2D eigenvalue weighted by atomic mass is 9.93. The van der Waals surface area contributed by atoms with Gasteiger partial charge in [-0.15, -0.1) is 11.3 Å². The highest BCUT2D eigenvalue weighted by atomic mass is 32.1. The van der Waals surface area contributed by atoms with Crippen LogP contribution in [0.5, 0.6) is 0 Å². The van der Waals surface area contributed by atoms with Crippen LogP contribution in [0.3, 0.4) is 0 Å². The van der Waals surface area contributed by atoms with Gasteiger partial charge in [0.15, 0.2) is 0 Å². The predicted molar refractivity (Wildman–Crippen MR) is 297 cm³/mol. The van der Waals surface area contributed by atoms with E-state index in [1.54, 1.807) is 0 Å². The number of rotatable bonds is 7. The molecule has 0 saturated carbocycles. The van der Waals surface area contributed by atoms with Gasteiger partial charge in [-0.05, 0) is 127 Å². The van der Waals surface area contributed by atoms with Crippen molar-refractivity contribution < 1.29 is 0 Å². The second-order valence-electron chi connectivity index (χ2n) is 18.1. The minimum atomic E-state index is 1.09. The van der Waals surface area contributed by atoms with E-state index in [-0.39, 0.29) is 0 Å². The minimum absolute atomic E-state index is 1.09. The maximum absolute atomic E-state index is 2.46. The summed E-state index contributed by atoms with van der Waals surface area (Å²) in [5.74, 6) is 0. The summed E-state index contributed by atoms with van der Waals surface area (Å²) in [5.41, 5.74) is 13.9. The average Bonchev–Trinajstić information content (AvgIpc) is 3.97. The molecule has 69 heavy (non-hydrogen) atoms. The normalized spacial score (nSPS) is 11.8. The van der Waals surface area contributed by atoms with Gasteiger partial charge in [-0.1, -0.05) is 188 Å². The van der Waals surface area contributed by atoms with E-state index in [2.05, 4.69) is 264 Å². The smallest absolute Gasteiger partial charge is 0.0541 e. The summed E-state index contributed by atoms with van der Waals surface area (Å²) in [6.07, 6.45) is 0. The Balaban J connectivity index is 0.935. The molecule has 0 aliphatic carbocycles. The molecule has 0 atom stereocenters. The molecular weight excluding hydrogens is 853 g/mol. The van der Waals surface area contributed by atoms with Crippen LogP contribution in [-0.4, -0.2) is 4.57 Å². The zero-order valence-corrected chi connectivity index (χ0v) is 38.4. The molecule has 2 nitrogen and oxygen atoms in total. The zero-order valence-electron chi connectivity index (χ0n) is 37.6. The summed E-state index contributed by atoms with van der Waals surface area (Å²) < 4.78 is 4.99. The van der Waals surface area contributed by atoms with Gasteiger partial charge < -0.3 is 9.47 Å². The first kappa shape index (κ1) is 39.4. The number of nitrogens with zero attached hydrogens (tertiary/aromatic N) is 2. The standard InChI is InChI=1S/C66H42N2S/c1-2-13-44(14-3-1)61-41-50(49-28-27-47-26-25-45-15-4-6-19-54(45)60(47)40-49)32-38-64(61)67(53-35-37-58-59-36-31-46-16-5-7-20-55(46)66(59)69-65(58)42-53)51-33-29-43(30-34-51)48-17-12-18-52(39-48)68-62-23-10-8-21-56(62)57-22-9-11-24-63(57)68/h1-42H. The molecule has 0 fully saturated rings. The molecular formula is C66H42N2S. The van der Waals surface area contributed by atoms with Gasteiger partial charge in [0.05, 0.1) is 16.7 Å². The van der Waals surface area contributed by atoms with Crippen molar-refractivity contribution in [1.29, 1.82) is 0 Å². The summed E-state index contributed by atoms with van der Waals surface area (Å²) >= 11 is 1.89. The van der Waals surface area contributed by atoms with Crippen LogP contribution >= 0.6 is 11.3 Å². The molecule has 2 aromatic heterocycles. The fourth-order valence-corrected chi connectivity index (χ4v) is 12.1. The lowest BCUT2D eigenvalue weighted by Gasteiger charge is -2.29. The third-order valence-corrected chi connectivity index (χ3v) is 15.4. The lowest BCUT2D eigenvalue weighted by molar-refractivity contribution is 1.18. The first-order chi connectivity index (χ1) is 34.2. The number of fused-ring (bicyclic) bond motifs is 11. The second kappa shape index (κ2) is 16.0. The van der Waals surface area contributed by atoms with E-state index in [1.165, 1.54) is 96.5 Å². The highest BCUT2D eigenvalue weighted by Crippen LogP contribution is 2.47. The molecule has 0 aliphatic rings. The van der Waals surface area contributed by atoms with E-state index in [4.69, 9.17) is 0 Å². The van der Waals surface area contributed by atoms with Crippen molar-refractivity contribution in [3.05, 3.63) is 255 Å². The average molecular weight is 895 g/mol. The summed E-state index contributed by atoms with van der Waals surface area (Å²) in [4.78, 5) is 2.46. The second-order valence-corrected chi connectivity index (χ2v) is 19.1. The fourth-order valence-electron chi connectivity index (χ4n) is 10.8. The molecule has 322 valence electrons. The molecule has 2 heterocycles. The number of para-hydroxylation sites is 2. The third kappa shape index (κ3) is 6.54.